The topological polar surface area (TPSA) is 96.9 Å². The third-order valence-electron chi connectivity index (χ3n) is 3.15. The van der Waals surface area contributed by atoms with Gasteiger partial charge in [-0.3, -0.25) is 4.40 Å². The monoisotopic (exact) mass is 315 g/mol. The smallest absolute Gasteiger partial charge is 0.346 e. The molecule has 120 valence electrons. The van der Waals surface area contributed by atoms with Gasteiger partial charge in [-0.15, -0.1) is 0 Å². The lowest BCUT2D eigenvalue weighted by Gasteiger charge is -2.04. The summed E-state index contributed by atoms with van der Waals surface area (Å²) in [6.07, 6.45) is 3.01. The van der Waals surface area contributed by atoms with Crippen LogP contribution in [0.5, 0.6) is 5.88 Å². The largest absolute Gasteiger partial charge is 0.477 e. The number of pyridine rings is 1. The van der Waals surface area contributed by atoms with Gasteiger partial charge in [0.05, 0.1) is 6.61 Å². The van der Waals surface area contributed by atoms with Crippen molar-refractivity contribution in [3.05, 3.63) is 35.2 Å². The summed E-state index contributed by atoms with van der Waals surface area (Å²) in [5.74, 6) is -1.02. The number of hydrogen-bond acceptors (Lipinski definition) is 5. The second kappa shape index (κ2) is 7.42. The lowest BCUT2D eigenvalue weighted by molar-refractivity contribution is -0.132. The molecule has 0 radical (unpaired) electrons. The summed E-state index contributed by atoms with van der Waals surface area (Å²) in [4.78, 5) is 15.5. The highest BCUT2D eigenvalue weighted by atomic mass is 16.5. The molecule has 7 nitrogen and oxygen atoms in total. The molecule has 0 amide bonds. The normalized spacial score (nSPS) is 11.4. The van der Waals surface area contributed by atoms with Crippen molar-refractivity contribution >= 4 is 17.7 Å². The lowest BCUT2D eigenvalue weighted by Crippen LogP contribution is -2.07. The first kappa shape index (κ1) is 16.5. The van der Waals surface area contributed by atoms with Crippen LogP contribution in [-0.4, -0.2) is 40.3 Å². The average Bonchev–Trinajstić information content (AvgIpc) is 2.88. The quantitative estimate of drug-likeness (QED) is 0.477. The number of nitriles is 1. The predicted octanol–water partition coefficient (Wildman–Crippen LogP) is 2.05. The highest BCUT2D eigenvalue weighted by Gasteiger charge is 2.16. The molecule has 0 unspecified atom stereocenters. The molecular weight excluding hydrogens is 298 g/mol. The number of aryl methyl sites for hydroxylation is 1. The van der Waals surface area contributed by atoms with Crippen LogP contribution in [0.25, 0.3) is 11.7 Å². The minimum absolute atomic E-state index is 0.271. The van der Waals surface area contributed by atoms with Crippen molar-refractivity contribution in [2.45, 2.75) is 13.8 Å². The van der Waals surface area contributed by atoms with Gasteiger partial charge in [0.15, 0.2) is 0 Å². The van der Waals surface area contributed by atoms with Gasteiger partial charge in [-0.2, -0.15) is 10.2 Å². The third-order valence-corrected chi connectivity index (χ3v) is 3.15. The van der Waals surface area contributed by atoms with Crippen molar-refractivity contribution in [1.29, 1.82) is 5.26 Å². The molecule has 0 aliphatic rings. The summed E-state index contributed by atoms with van der Waals surface area (Å²) in [6, 6.07) is 5.37. The number of hydrogen-bond donors (Lipinski definition) is 1. The van der Waals surface area contributed by atoms with E-state index in [-0.39, 0.29) is 18.1 Å². The zero-order valence-corrected chi connectivity index (χ0v) is 12.9. The Morgan fingerprint density at radius 2 is 2.30 bits per heavy atom. The Morgan fingerprint density at radius 3 is 2.96 bits per heavy atom. The molecule has 2 heterocycles. The Hall–Kier alpha value is -2.85. The molecule has 0 spiro atoms. The fourth-order valence-corrected chi connectivity index (χ4v) is 2.06. The van der Waals surface area contributed by atoms with Gasteiger partial charge >= 0.3 is 5.97 Å². The van der Waals surface area contributed by atoms with Crippen LogP contribution in [0.15, 0.2) is 23.9 Å². The summed E-state index contributed by atoms with van der Waals surface area (Å²) in [5.41, 5.74) is 1.59. The molecular formula is C16H17N3O4. The zero-order valence-electron chi connectivity index (χ0n) is 12.9. The highest BCUT2D eigenvalue weighted by molar-refractivity contribution is 5.96. The molecule has 23 heavy (non-hydrogen) atoms. The Morgan fingerprint density at radius 1 is 1.52 bits per heavy atom. The van der Waals surface area contributed by atoms with E-state index in [1.54, 1.807) is 16.7 Å². The molecule has 0 fully saturated rings. The molecule has 0 aliphatic carbocycles. The lowest BCUT2D eigenvalue weighted by atomic mass is 10.2. The molecule has 0 saturated heterocycles. The first-order valence-corrected chi connectivity index (χ1v) is 7.11. The van der Waals surface area contributed by atoms with E-state index in [0.29, 0.717) is 24.6 Å². The molecule has 0 atom stereocenters. The summed E-state index contributed by atoms with van der Waals surface area (Å²) in [5, 5.41) is 18.0. The first-order valence-electron chi connectivity index (χ1n) is 7.11. The molecule has 0 aromatic carbocycles. The third kappa shape index (κ3) is 3.67. The number of fused-ring (bicyclic) bond motifs is 1. The van der Waals surface area contributed by atoms with Crippen molar-refractivity contribution < 1.29 is 19.4 Å². The van der Waals surface area contributed by atoms with Gasteiger partial charge in [0.1, 0.15) is 29.6 Å². The number of aliphatic carboxylic acids is 1. The molecule has 2 aromatic heterocycles. The second-order valence-electron chi connectivity index (χ2n) is 4.71. The van der Waals surface area contributed by atoms with Gasteiger partial charge in [-0.05, 0) is 31.6 Å². The van der Waals surface area contributed by atoms with Gasteiger partial charge in [-0.1, -0.05) is 6.07 Å². The Bertz CT molecular complexity index is 786. The van der Waals surface area contributed by atoms with E-state index in [2.05, 4.69) is 4.98 Å². The summed E-state index contributed by atoms with van der Waals surface area (Å²) < 4.78 is 12.5. The number of nitrogens with zero attached hydrogens (tertiary/aromatic N) is 3. The number of aromatic nitrogens is 2. The maximum absolute atomic E-state index is 11.1. The van der Waals surface area contributed by atoms with Crippen molar-refractivity contribution in [2.75, 3.05) is 19.8 Å². The summed E-state index contributed by atoms with van der Waals surface area (Å²) in [7, 11) is 0. The molecule has 0 saturated carbocycles. The van der Waals surface area contributed by atoms with Crippen LogP contribution >= 0.6 is 0 Å². The van der Waals surface area contributed by atoms with Crippen LogP contribution in [0, 0.1) is 18.3 Å². The van der Waals surface area contributed by atoms with Crippen LogP contribution in [0.1, 0.15) is 18.2 Å². The standard InChI is InChI=1S/C16H17N3O4/c1-3-22-7-8-23-15-13(9-12(10-17)16(20)21)19-6-4-5-11(2)14(19)18-15/h4-6,9H,3,7-8H2,1-2H3,(H,20,21). The average molecular weight is 315 g/mol. The van der Waals surface area contributed by atoms with E-state index < -0.39 is 5.97 Å². The maximum Gasteiger partial charge on any atom is 0.346 e. The van der Waals surface area contributed by atoms with E-state index in [9.17, 15) is 4.79 Å². The number of carboxylic acid groups (broad SMARTS) is 1. The molecule has 0 aliphatic heterocycles. The van der Waals surface area contributed by atoms with Gasteiger partial charge < -0.3 is 14.6 Å². The highest BCUT2D eigenvalue weighted by Crippen LogP contribution is 2.24. The van der Waals surface area contributed by atoms with Crippen LogP contribution in [0.2, 0.25) is 0 Å². The minimum Gasteiger partial charge on any atom is -0.477 e. The van der Waals surface area contributed by atoms with E-state index >= 15 is 0 Å². The number of imidazole rings is 1. The predicted molar refractivity (Wildman–Crippen MR) is 83.1 cm³/mol. The van der Waals surface area contributed by atoms with Crippen LogP contribution in [0.3, 0.4) is 0 Å². The Balaban J connectivity index is 2.48. The van der Waals surface area contributed by atoms with Crippen LogP contribution in [0.4, 0.5) is 0 Å². The molecule has 2 aromatic rings. The van der Waals surface area contributed by atoms with Crippen LogP contribution < -0.4 is 4.74 Å². The minimum atomic E-state index is -1.30. The molecule has 2 rings (SSSR count). The van der Waals surface area contributed by atoms with E-state index in [1.807, 2.05) is 26.0 Å². The first-order chi connectivity index (χ1) is 11.1. The molecule has 0 bridgehead atoms. The van der Waals surface area contributed by atoms with Crippen molar-refractivity contribution in [3.8, 4) is 11.9 Å². The van der Waals surface area contributed by atoms with Gasteiger partial charge in [0.2, 0.25) is 5.88 Å². The van der Waals surface area contributed by atoms with Gasteiger partial charge in [0.25, 0.3) is 0 Å². The van der Waals surface area contributed by atoms with Gasteiger partial charge in [-0.25, -0.2) is 4.79 Å². The SMILES string of the molecule is CCOCCOc1nc2c(C)cccn2c1C=C(C#N)C(=O)O. The Kier molecular flexibility index (Phi) is 5.33. The van der Waals surface area contributed by atoms with E-state index in [4.69, 9.17) is 19.8 Å². The van der Waals surface area contributed by atoms with Crippen LogP contribution in [-0.2, 0) is 9.53 Å². The van der Waals surface area contributed by atoms with E-state index in [1.165, 1.54) is 6.08 Å². The van der Waals surface area contributed by atoms with Crippen molar-refractivity contribution in [3.63, 3.8) is 0 Å². The maximum atomic E-state index is 11.1. The second-order valence-corrected chi connectivity index (χ2v) is 4.71. The molecule has 7 heteroatoms. The Labute approximate surface area is 133 Å². The fourth-order valence-electron chi connectivity index (χ4n) is 2.06. The number of carboxylic acids is 1. The summed E-state index contributed by atoms with van der Waals surface area (Å²) >= 11 is 0. The molecule has 1 N–H and O–H groups in total. The zero-order chi connectivity index (χ0) is 16.8. The number of carbonyl (C=O) groups is 1. The van der Waals surface area contributed by atoms with Crippen molar-refractivity contribution in [2.24, 2.45) is 0 Å². The summed E-state index contributed by atoms with van der Waals surface area (Å²) in [6.45, 7) is 5.04. The van der Waals surface area contributed by atoms with E-state index in [0.717, 1.165) is 5.56 Å². The fraction of sp³-hybridized carbons (Fsp3) is 0.312. The van der Waals surface area contributed by atoms with Crippen molar-refractivity contribution in [1.82, 2.24) is 9.38 Å². The van der Waals surface area contributed by atoms with Gasteiger partial charge in [0, 0.05) is 12.8 Å². The number of ether oxygens (including phenoxy) is 2. The number of rotatable bonds is 7.